The van der Waals surface area contributed by atoms with Crippen molar-refractivity contribution < 1.29 is 28.5 Å². The van der Waals surface area contributed by atoms with Crippen molar-refractivity contribution in [2.24, 2.45) is 0 Å². The molecule has 0 radical (unpaired) electrons. The van der Waals surface area contributed by atoms with Crippen molar-refractivity contribution in [2.75, 3.05) is 39.0 Å². The van der Waals surface area contributed by atoms with Gasteiger partial charge in [-0.25, -0.2) is 4.79 Å². The Kier molecular flexibility index (Phi) is 10.0. The van der Waals surface area contributed by atoms with Gasteiger partial charge in [0.05, 0.1) is 32.7 Å². The molecule has 42 heavy (non-hydrogen) atoms. The third-order valence-electron chi connectivity index (χ3n) is 6.43. The Bertz CT molecular complexity index is 1550. The maximum absolute atomic E-state index is 12.6. The predicted molar refractivity (Wildman–Crippen MR) is 164 cm³/mol. The third-order valence-corrected chi connectivity index (χ3v) is 6.43. The summed E-state index contributed by atoms with van der Waals surface area (Å²) in [6.07, 6.45) is 1.34. The summed E-state index contributed by atoms with van der Waals surface area (Å²) in [6.45, 7) is 0.248. The van der Waals surface area contributed by atoms with Gasteiger partial charge in [-0.15, -0.1) is 0 Å². The van der Waals surface area contributed by atoms with E-state index in [1.165, 1.54) is 0 Å². The van der Waals surface area contributed by atoms with Gasteiger partial charge in [0.15, 0.2) is 11.5 Å². The number of para-hydroxylation sites is 2. The molecule has 4 N–H and O–H groups in total. The zero-order chi connectivity index (χ0) is 29.9. The number of nitrogens with two attached hydrogens (primary N) is 1. The molecular formula is C33H33N3O6. The van der Waals surface area contributed by atoms with Gasteiger partial charge in [0.1, 0.15) is 12.4 Å². The van der Waals surface area contributed by atoms with E-state index in [-0.39, 0.29) is 19.1 Å². The minimum Gasteiger partial charge on any atom is -0.497 e. The standard InChI is InChI=1S/C33H33N3O6/c1-39-27-15-13-24(14-16-27)26(18-23-10-17-30(40-2)31(19-23)41-3)21-42-33(38)35-20-22-8-11-25(12-9-22)32(37)36-29-7-5-4-6-28(29)34/h4-19H,20-21,34H2,1-3H3,(H,35,38)(H,36,37)/b26-18-. The first-order chi connectivity index (χ1) is 20.4. The van der Waals surface area contributed by atoms with Crippen molar-refractivity contribution in [1.29, 1.82) is 0 Å². The fourth-order valence-electron chi connectivity index (χ4n) is 4.11. The molecule has 0 saturated heterocycles. The summed E-state index contributed by atoms with van der Waals surface area (Å²) >= 11 is 0. The minimum atomic E-state index is -0.580. The van der Waals surface area contributed by atoms with Crippen LogP contribution in [0.2, 0.25) is 0 Å². The average Bonchev–Trinajstić information content (AvgIpc) is 3.03. The molecular weight excluding hydrogens is 534 g/mol. The number of ether oxygens (including phenoxy) is 4. The summed E-state index contributed by atoms with van der Waals surface area (Å²) in [7, 11) is 4.76. The van der Waals surface area contributed by atoms with Gasteiger partial charge in [0.2, 0.25) is 0 Å². The third kappa shape index (κ3) is 7.82. The maximum atomic E-state index is 12.6. The molecule has 9 heteroatoms. The highest BCUT2D eigenvalue weighted by molar-refractivity contribution is 6.05. The van der Waals surface area contributed by atoms with Crippen LogP contribution in [0, 0.1) is 0 Å². The van der Waals surface area contributed by atoms with E-state index in [9.17, 15) is 9.59 Å². The zero-order valence-electron chi connectivity index (χ0n) is 23.7. The molecule has 0 aliphatic carbocycles. The van der Waals surface area contributed by atoms with Gasteiger partial charge in [-0.05, 0) is 76.9 Å². The second-order valence-electron chi connectivity index (χ2n) is 9.18. The topological polar surface area (TPSA) is 121 Å². The van der Waals surface area contributed by atoms with Crippen molar-refractivity contribution in [2.45, 2.75) is 6.54 Å². The van der Waals surface area contributed by atoms with Crippen LogP contribution < -0.4 is 30.6 Å². The lowest BCUT2D eigenvalue weighted by Gasteiger charge is -2.13. The van der Waals surface area contributed by atoms with Crippen molar-refractivity contribution >= 4 is 35.0 Å². The van der Waals surface area contributed by atoms with E-state index < -0.39 is 6.09 Å². The molecule has 0 fully saturated rings. The van der Waals surface area contributed by atoms with Gasteiger partial charge in [-0.2, -0.15) is 0 Å². The summed E-state index contributed by atoms with van der Waals surface area (Å²) in [5.74, 6) is 1.65. The van der Waals surface area contributed by atoms with Crippen LogP contribution in [-0.4, -0.2) is 39.9 Å². The number of nitrogen functional groups attached to an aromatic ring is 1. The van der Waals surface area contributed by atoms with Crippen LogP contribution in [-0.2, 0) is 11.3 Å². The minimum absolute atomic E-state index is 0.0221. The van der Waals surface area contributed by atoms with Gasteiger partial charge in [-0.1, -0.05) is 42.5 Å². The number of rotatable bonds is 11. The summed E-state index contributed by atoms with van der Waals surface area (Å²) in [5.41, 5.74) is 10.7. The van der Waals surface area contributed by atoms with E-state index in [4.69, 9.17) is 24.7 Å². The average molecular weight is 568 g/mol. The van der Waals surface area contributed by atoms with Crippen molar-refractivity contribution in [3.8, 4) is 17.2 Å². The molecule has 0 heterocycles. The summed E-state index contributed by atoms with van der Waals surface area (Å²) in [6, 6.07) is 27.0. The van der Waals surface area contributed by atoms with Crippen molar-refractivity contribution in [3.05, 3.63) is 113 Å². The SMILES string of the molecule is COc1ccc(/C(=C\c2ccc(OC)c(OC)c2)COC(=O)NCc2ccc(C(=O)Nc3ccccc3N)cc2)cc1. The van der Waals surface area contributed by atoms with Crippen molar-refractivity contribution in [3.63, 3.8) is 0 Å². The first kappa shape index (κ1) is 29.5. The molecule has 0 spiro atoms. The van der Waals surface area contributed by atoms with Crippen LogP contribution in [0.1, 0.15) is 27.0 Å². The Morgan fingerprint density at radius 2 is 1.48 bits per heavy atom. The fourth-order valence-corrected chi connectivity index (χ4v) is 4.11. The van der Waals surface area contributed by atoms with E-state index in [2.05, 4.69) is 10.6 Å². The lowest BCUT2D eigenvalue weighted by molar-refractivity contribution is 0.102. The van der Waals surface area contributed by atoms with Crippen LogP contribution in [0.3, 0.4) is 0 Å². The molecule has 4 aromatic rings. The fraction of sp³-hybridized carbons (Fsp3) is 0.152. The van der Waals surface area contributed by atoms with E-state index in [1.54, 1.807) is 69.9 Å². The van der Waals surface area contributed by atoms with Gasteiger partial charge in [0, 0.05) is 12.1 Å². The summed E-state index contributed by atoms with van der Waals surface area (Å²) < 4.78 is 21.6. The number of anilines is 2. The highest BCUT2D eigenvalue weighted by atomic mass is 16.5. The summed E-state index contributed by atoms with van der Waals surface area (Å²) in [5, 5.41) is 5.55. The van der Waals surface area contributed by atoms with Crippen LogP contribution >= 0.6 is 0 Å². The van der Waals surface area contributed by atoms with Crippen LogP contribution in [0.25, 0.3) is 11.6 Å². The zero-order valence-corrected chi connectivity index (χ0v) is 23.7. The second-order valence-corrected chi connectivity index (χ2v) is 9.18. The smallest absolute Gasteiger partial charge is 0.407 e. The first-order valence-electron chi connectivity index (χ1n) is 13.1. The Labute approximate surface area is 244 Å². The number of nitrogens with one attached hydrogen (secondary N) is 2. The number of benzene rings is 4. The van der Waals surface area contributed by atoms with Crippen molar-refractivity contribution in [1.82, 2.24) is 5.32 Å². The van der Waals surface area contributed by atoms with E-state index >= 15 is 0 Å². The molecule has 0 unspecified atom stereocenters. The Morgan fingerprint density at radius 3 is 2.14 bits per heavy atom. The normalized spacial score (nSPS) is 10.9. The molecule has 0 aliphatic rings. The monoisotopic (exact) mass is 567 g/mol. The van der Waals surface area contributed by atoms with Crippen LogP contribution in [0.4, 0.5) is 16.2 Å². The van der Waals surface area contributed by atoms with Gasteiger partial charge in [-0.3, -0.25) is 4.79 Å². The molecule has 0 atom stereocenters. The molecule has 0 bridgehead atoms. The molecule has 4 aromatic carbocycles. The van der Waals surface area contributed by atoms with Crippen LogP contribution in [0.15, 0.2) is 91.0 Å². The lowest BCUT2D eigenvalue weighted by atomic mass is 10.0. The van der Waals surface area contributed by atoms with Gasteiger partial charge in [0.25, 0.3) is 5.91 Å². The number of carbonyl (C=O) groups excluding carboxylic acids is 2. The quantitative estimate of drug-likeness (QED) is 0.150. The first-order valence-corrected chi connectivity index (χ1v) is 13.1. The Balaban J connectivity index is 1.38. The maximum Gasteiger partial charge on any atom is 0.407 e. The Morgan fingerprint density at radius 1 is 0.786 bits per heavy atom. The van der Waals surface area contributed by atoms with Crippen LogP contribution in [0.5, 0.6) is 17.2 Å². The molecule has 216 valence electrons. The number of methoxy groups -OCH3 is 3. The molecule has 4 rings (SSSR count). The number of hydrogen-bond donors (Lipinski definition) is 3. The highest BCUT2D eigenvalue weighted by Gasteiger charge is 2.11. The van der Waals surface area contributed by atoms with E-state index in [1.807, 2.05) is 48.5 Å². The molecule has 0 aromatic heterocycles. The number of amides is 2. The van der Waals surface area contributed by atoms with Gasteiger partial charge < -0.3 is 35.3 Å². The van der Waals surface area contributed by atoms with E-state index in [0.29, 0.717) is 28.4 Å². The second kappa shape index (κ2) is 14.3. The Hall–Kier alpha value is -5.44. The number of hydrogen-bond acceptors (Lipinski definition) is 7. The van der Waals surface area contributed by atoms with E-state index in [0.717, 1.165) is 28.0 Å². The number of carbonyl (C=O) groups is 2. The number of alkyl carbamates (subject to hydrolysis) is 1. The largest absolute Gasteiger partial charge is 0.497 e. The molecule has 0 saturated carbocycles. The predicted octanol–water partition coefficient (Wildman–Crippen LogP) is 6.01. The van der Waals surface area contributed by atoms with Gasteiger partial charge >= 0.3 is 6.09 Å². The molecule has 9 nitrogen and oxygen atoms in total. The summed E-state index contributed by atoms with van der Waals surface area (Å²) in [4.78, 5) is 25.2. The molecule has 0 aliphatic heterocycles. The molecule has 2 amide bonds. The highest BCUT2D eigenvalue weighted by Crippen LogP contribution is 2.30. The lowest BCUT2D eigenvalue weighted by Crippen LogP contribution is -2.24.